The van der Waals surface area contributed by atoms with Crippen LogP contribution in [0.3, 0.4) is 0 Å². The maximum Gasteiger partial charge on any atom is 0.305 e. The van der Waals surface area contributed by atoms with Crippen LogP contribution >= 0.6 is 11.6 Å². The van der Waals surface area contributed by atoms with Crippen molar-refractivity contribution in [2.45, 2.75) is 25.9 Å². The molecule has 1 N–H and O–H groups in total. The maximum absolute atomic E-state index is 12.2. The predicted molar refractivity (Wildman–Crippen MR) is 76.0 cm³/mol. The number of amides is 1. The van der Waals surface area contributed by atoms with Crippen molar-refractivity contribution in [2.24, 2.45) is 0 Å². The third-order valence-electron chi connectivity index (χ3n) is 2.79. The Hall–Kier alpha value is -1.75. The van der Waals surface area contributed by atoms with Crippen LogP contribution in [0, 0.1) is 0 Å². The van der Waals surface area contributed by atoms with E-state index in [1.54, 1.807) is 31.3 Å². The van der Waals surface area contributed by atoms with E-state index in [4.69, 9.17) is 21.4 Å². The number of aliphatic carboxylic acids is 1. The van der Waals surface area contributed by atoms with Crippen molar-refractivity contribution < 1.29 is 19.4 Å². The third-order valence-corrected chi connectivity index (χ3v) is 3.10. The Morgan fingerprint density at radius 2 is 2.05 bits per heavy atom. The van der Waals surface area contributed by atoms with Gasteiger partial charge in [0.2, 0.25) is 0 Å². The van der Waals surface area contributed by atoms with E-state index in [1.165, 1.54) is 4.90 Å². The molecule has 0 saturated carbocycles. The van der Waals surface area contributed by atoms with Crippen LogP contribution in [0.4, 0.5) is 0 Å². The van der Waals surface area contributed by atoms with Gasteiger partial charge >= 0.3 is 5.97 Å². The molecule has 1 atom stereocenters. The minimum atomic E-state index is -0.940. The number of para-hydroxylation sites is 1. The summed E-state index contributed by atoms with van der Waals surface area (Å²) >= 11 is 5.98. The number of carbonyl (C=O) groups excluding carboxylic acids is 1. The van der Waals surface area contributed by atoms with Crippen molar-refractivity contribution in [1.29, 1.82) is 0 Å². The van der Waals surface area contributed by atoms with E-state index >= 15 is 0 Å². The first kappa shape index (κ1) is 16.3. The first-order valence-electron chi connectivity index (χ1n) is 6.33. The van der Waals surface area contributed by atoms with Crippen molar-refractivity contribution in [1.82, 2.24) is 4.90 Å². The molecule has 0 saturated heterocycles. The summed E-state index contributed by atoms with van der Waals surface area (Å²) in [6.07, 6.45) is -0.291. The summed E-state index contributed by atoms with van der Waals surface area (Å²) < 4.78 is 5.61. The van der Waals surface area contributed by atoms with E-state index in [0.29, 0.717) is 17.2 Å². The molecule has 0 bridgehead atoms. The fourth-order valence-electron chi connectivity index (χ4n) is 1.62. The summed E-state index contributed by atoms with van der Waals surface area (Å²) in [5.74, 6) is -0.751. The number of carbonyl (C=O) groups is 2. The lowest BCUT2D eigenvalue weighted by molar-refractivity contribution is -0.140. The fourth-order valence-corrected chi connectivity index (χ4v) is 1.80. The Balaban J connectivity index is 2.68. The molecule has 20 heavy (non-hydrogen) atoms. The minimum Gasteiger partial charge on any atom is -0.481 e. The summed E-state index contributed by atoms with van der Waals surface area (Å²) in [6.45, 7) is 1.97. The second-order valence-corrected chi connectivity index (χ2v) is 4.76. The molecule has 0 aliphatic heterocycles. The molecule has 1 rings (SSSR count). The molecule has 5 nitrogen and oxygen atoms in total. The van der Waals surface area contributed by atoms with E-state index in [0.717, 1.165) is 0 Å². The molecule has 0 aromatic heterocycles. The normalized spacial score (nSPS) is 11.8. The molecule has 0 spiro atoms. The molecular formula is C14H18ClNO4. The molecule has 0 aliphatic carbocycles. The molecule has 1 aromatic carbocycles. The lowest BCUT2D eigenvalue weighted by Crippen LogP contribution is -2.40. The summed E-state index contributed by atoms with van der Waals surface area (Å²) in [4.78, 5) is 24.0. The molecule has 6 heteroatoms. The van der Waals surface area contributed by atoms with Gasteiger partial charge in [0.05, 0.1) is 11.4 Å². The highest BCUT2D eigenvalue weighted by Crippen LogP contribution is 2.25. The standard InChI is InChI=1S/C14H18ClNO4/c1-3-11(14(19)16(2)9-8-13(17)18)20-12-7-5-4-6-10(12)15/h4-7,11H,3,8-9H2,1-2H3,(H,17,18). The lowest BCUT2D eigenvalue weighted by Gasteiger charge is -2.23. The van der Waals surface area contributed by atoms with Crippen LogP contribution in [0.2, 0.25) is 5.02 Å². The van der Waals surface area contributed by atoms with Gasteiger partial charge in [-0.15, -0.1) is 0 Å². The molecule has 1 unspecified atom stereocenters. The molecule has 0 heterocycles. The Bertz CT molecular complexity index is 478. The highest BCUT2D eigenvalue weighted by atomic mass is 35.5. The monoisotopic (exact) mass is 299 g/mol. The number of nitrogens with zero attached hydrogens (tertiary/aromatic N) is 1. The van der Waals surface area contributed by atoms with E-state index in [2.05, 4.69) is 0 Å². The number of hydrogen-bond acceptors (Lipinski definition) is 3. The van der Waals surface area contributed by atoms with Crippen molar-refractivity contribution in [3.05, 3.63) is 29.3 Å². The SMILES string of the molecule is CCC(Oc1ccccc1Cl)C(=O)N(C)CCC(=O)O. The van der Waals surface area contributed by atoms with E-state index < -0.39 is 12.1 Å². The zero-order valence-corrected chi connectivity index (χ0v) is 12.3. The fraction of sp³-hybridized carbons (Fsp3) is 0.429. The van der Waals surface area contributed by atoms with Crippen molar-refractivity contribution in [3.8, 4) is 5.75 Å². The highest BCUT2D eigenvalue weighted by Gasteiger charge is 2.23. The number of halogens is 1. The van der Waals surface area contributed by atoms with Gasteiger partial charge in [-0.05, 0) is 18.6 Å². The van der Waals surface area contributed by atoms with Crippen LogP contribution in [-0.2, 0) is 9.59 Å². The third kappa shape index (κ3) is 4.74. The van der Waals surface area contributed by atoms with Gasteiger partial charge in [0.25, 0.3) is 5.91 Å². The number of carboxylic acids is 1. The average molecular weight is 300 g/mol. The second kappa shape index (κ2) is 7.75. The van der Waals surface area contributed by atoms with Gasteiger partial charge in [-0.2, -0.15) is 0 Å². The van der Waals surface area contributed by atoms with Crippen molar-refractivity contribution >= 4 is 23.5 Å². The Kier molecular flexibility index (Phi) is 6.31. The first-order chi connectivity index (χ1) is 9.45. The smallest absolute Gasteiger partial charge is 0.305 e. The van der Waals surface area contributed by atoms with Gasteiger partial charge in [0.1, 0.15) is 5.75 Å². The van der Waals surface area contributed by atoms with Crippen LogP contribution in [0.25, 0.3) is 0 Å². The van der Waals surface area contributed by atoms with Crippen molar-refractivity contribution in [3.63, 3.8) is 0 Å². The summed E-state index contributed by atoms with van der Waals surface area (Å²) in [5.41, 5.74) is 0. The first-order valence-corrected chi connectivity index (χ1v) is 6.71. The van der Waals surface area contributed by atoms with E-state index in [-0.39, 0.29) is 18.9 Å². The van der Waals surface area contributed by atoms with Gasteiger partial charge in [0.15, 0.2) is 6.10 Å². The molecule has 0 fully saturated rings. The van der Waals surface area contributed by atoms with E-state index in [9.17, 15) is 9.59 Å². The maximum atomic E-state index is 12.2. The predicted octanol–water partition coefficient (Wildman–Crippen LogP) is 2.43. The number of carboxylic acid groups (broad SMARTS) is 1. The lowest BCUT2D eigenvalue weighted by atomic mass is 10.2. The minimum absolute atomic E-state index is 0.0925. The molecule has 1 amide bonds. The number of likely N-dealkylation sites (N-methyl/N-ethyl adjacent to an activating group) is 1. The van der Waals surface area contributed by atoms with Gasteiger partial charge < -0.3 is 14.7 Å². The second-order valence-electron chi connectivity index (χ2n) is 4.35. The topological polar surface area (TPSA) is 66.8 Å². The number of benzene rings is 1. The molecule has 110 valence electrons. The Morgan fingerprint density at radius 3 is 2.60 bits per heavy atom. The van der Waals surface area contributed by atoms with Crippen LogP contribution in [-0.4, -0.2) is 41.6 Å². The Labute approximate surface area is 123 Å². The molecule has 0 radical (unpaired) electrons. The van der Waals surface area contributed by atoms with Gasteiger partial charge in [-0.1, -0.05) is 30.7 Å². The van der Waals surface area contributed by atoms with Crippen LogP contribution in [0.15, 0.2) is 24.3 Å². The zero-order valence-electron chi connectivity index (χ0n) is 11.5. The summed E-state index contributed by atoms with van der Waals surface area (Å²) in [6, 6.07) is 6.92. The zero-order chi connectivity index (χ0) is 15.1. The number of ether oxygens (including phenoxy) is 1. The van der Waals surface area contributed by atoms with Crippen LogP contribution in [0.1, 0.15) is 19.8 Å². The number of hydrogen-bond donors (Lipinski definition) is 1. The summed E-state index contributed by atoms with van der Waals surface area (Å²) in [7, 11) is 1.56. The van der Waals surface area contributed by atoms with Crippen LogP contribution in [0.5, 0.6) is 5.75 Å². The van der Waals surface area contributed by atoms with Crippen LogP contribution < -0.4 is 4.74 Å². The molecule has 0 aliphatic rings. The highest BCUT2D eigenvalue weighted by molar-refractivity contribution is 6.32. The Morgan fingerprint density at radius 1 is 1.40 bits per heavy atom. The van der Waals surface area contributed by atoms with Crippen molar-refractivity contribution in [2.75, 3.05) is 13.6 Å². The van der Waals surface area contributed by atoms with Gasteiger partial charge in [-0.25, -0.2) is 0 Å². The average Bonchev–Trinajstić information content (AvgIpc) is 2.43. The molecule has 1 aromatic rings. The number of rotatable bonds is 7. The van der Waals surface area contributed by atoms with Gasteiger partial charge in [-0.3, -0.25) is 9.59 Å². The van der Waals surface area contributed by atoms with Gasteiger partial charge in [0, 0.05) is 13.6 Å². The summed E-state index contributed by atoms with van der Waals surface area (Å²) in [5, 5.41) is 9.06. The molecular weight excluding hydrogens is 282 g/mol. The quantitative estimate of drug-likeness (QED) is 0.839. The van der Waals surface area contributed by atoms with E-state index in [1.807, 2.05) is 6.92 Å². The largest absolute Gasteiger partial charge is 0.481 e.